The molecule has 28 heavy (non-hydrogen) atoms. The molecule has 1 atom stereocenters. The van der Waals surface area contributed by atoms with Crippen LogP contribution in [0.4, 0.5) is 18.0 Å². The van der Waals surface area contributed by atoms with Crippen LogP contribution in [0.2, 0.25) is 5.02 Å². The van der Waals surface area contributed by atoms with E-state index in [0.717, 1.165) is 17.8 Å². The van der Waals surface area contributed by atoms with Gasteiger partial charge >= 0.3 is 12.3 Å². The molecule has 1 aromatic carbocycles. The SMILES string of the molecule is CC(O)c1cc2n(n1)CCCN(C(=O)OCc1cc(Cl)cc(C(F)(F)F)c1)C2. The van der Waals surface area contributed by atoms with E-state index in [2.05, 4.69) is 5.10 Å². The van der Waals surface area contributed by atoms with Crippen molar-refractivity contribution in [3.8, 4) is 0 Å². The number of aliphatic hydroxyl groups is 1. The highest BCUT2D eigenvalue weighted by Crippen LogP contribution is 2.32. The summed E-state index contributed by atoms with van der Waals surface area (Å²) >= 11 is 5.74. The van der Waals surface area contributed by atoms with Crippen molar-refractivity contribution in [3.63, 3.8) is 0 Å². The third-order valence-corrected chi connectivity index (χ3v) is 4.58. The Labute approximate surface area is 164 Å². The molecule has 2 heterocycles. The van der Waals surface area contributed by atoms with Crippen LogP contribution < -0.4 is 0 Å². The third-order valence-electron chi connectivity index (χ3n) is 4.37. The number of alkyl halides is 3. The molecule has 1 unspecified atom stereocenters. The lowest BCUT2D eigenvalue weighted by atomic mass is 10.1. The van der Waals surface area contributed by atoms with Gasteiger partial charge in [-0.3, -0.25) is 4.68 Å². The van der Waals surface area contributed by atoms with E-state index in [1.54, 1.807) is 17.7 Å². The van der Waals surface area contributed by atoms with Crippen LogP contribution in [0.1, 0.15) is 42.0 Å². The van der Waals surface area contributed by atoms with Crippen molar-refractivity contribution in [1.82, 2.24) is 14.7 Å². The Balaban J connectivity index is 1.67. The predicted molar refractivity (Wildman–Crippen MR) is 94.5 cm³/mol. The highest BCUT2D eigenvalue weighted by molar-refractivity contribution is 6.30. The fraction of sp³-hybridized carbons (Fsp3) is 0.444. The maximum atomic E-state index is 12.9. The maximum Gasteiger partial charge on any atom is 0.416 e. The normalized spacial score (nSPS) is 15.7. The molecule has 0 bridgehead atoms. The van der Waals surface area contributed by atoms with E-state index in [1.807, 2.05) is 0 Å². The first kappa shape index (κ1) is 20.5. The van der Waals surface area contributed by atoms with Gasteiger partial charge in [-0.05, 0) is 43.2 Å². The lowest BCUT2D eigenvalue weighted by molar-refractivity contribution is -0.137. The van der Waals surface area contributed by atoms with E-state index in [1.165, 1.54) is 11.0 Å². The highest BCUT2D eigenvalue weighted by Gasteiger charge is 2.31. The molecule has 1 aliphatic heterocycles. The zero-order valence-electron chi connectivity index (χ0n) is 15.0. The zero-order chi connectivity index (χ0) is 20.5. The summed E-state index contributed by atoms with van der Waals surface area (Å²) in [5, 5.41) is 13.9. The quantitative estimate of drug-likeness (QED) is 0.814. The van der Waals surface area contributed by atoms with Crippen molar-refractivity contribution in [2.75, 3.05) is 6.54 Å². The second-order valence-corrected chi connectivity index (χ2v) is 7.07. The summed E-state index contributed by atoms with van der Waals surface area (Å²) in [4.78, 5) is 13.9. The summed E-state index contributed by atoms with van der Waals surface area (Å²) in [6.45, 7) is 2.54. The number of halogens is 4. The van der Waals surface area contributed by atoms with E-state index in [9.17, 15) is 23.1 Å². The lowest BCUT2D eigenvalue weighted by Gasteiger charge is -2.19. The average molecular weight is 418 g/mol. The molecule has 0 radical (unpaired) electrons. The molecule has 1 aromatic heterocycles. The van der Waals surface area contributed by atoms with Crippen LogP contribution in [0, 0.1) is 0 Å². The monoisotopic (exact) mass is 417 g/mol. The number of hydrogen-bond donors (Lipinski definition) is 1. The number of carbonyl (C=O) groups is 1. The van der Waals surface area contributed by atoms with E-state index >= 15 is 0 Å². The second kappa shape index (κ2) is 8.00. The van der Waals surface area contributed by atoms with Gasteiger partial charge in [-0.1, -0.05) is 11.6 Å². The zero-order valence-corrected chi connectivity index (χ0v) is 15.8. The minimum Gasteiger partial charge on any atom is -0.445 e. The molecule has 0 fully saturated rings. The number of nitrogens with zero attached hydrogens (tertiary/aromatic N) is 3. The van der Waals surface area contributed by atoms with Crippen molar-refractivity contribution in [2.24, 2.45) is 0 Å². The minimum atomic E-state index is -4.53. The van der Waals surface area contributed by atoms with Gasteiger partial charge < -0.3 is 14.7 Å². The second-order valence-electron chi connectivity index (χ2n) is 6.64. The number of carbonyl (C=O) groups excluding carboxylic acids is 1. The van der Waals surface area contributed by atoms with Gasteiger partial charge in [0, 0.05) is 18.1 Å². The van der Waals surface area contributed by atoms with E-state index < -0.39 is 23.9 Å². The van der Waals surface area contributed by atoms with Crippen molar-refractivity contribution >= 4 is 17.7 Å². The number of benzene rings is 1. The number of ether oxygens (including phenoxy) is 1. The van der Waals surface area contributed by atoms with Crippen LogP contribution >= 0.6 is 11.6 Å². The molecule has 0 saturated heterocycles. The first-order valence-electron chi connectivity index (χ1n) is 8.66. The van der Waals surface area contributed by atoms with Gasteiger partial charge in [0.2, 0.25) is 0 Å². The smallest absolute Gasteiger partial charge is 0.416 e. The Morgan fingerprint density at radius 2 is 2.07 bits per heavy atom. The third kappa shape index (κ3) is 4.77. The van der Waals surface area contributed by atoms with Gasteiger partial charge in [-0.25, -0.2) is 4.79 Å². The molecule has 10 heteroatoms. The van der Waals surface area contributed by atoms with E-state index in [0.29, 0.717) is 25.2 Å². The molecule has 0 spiro atoms. The van der Waals surface area contributed by atoms with Crippen LogP contribution in [-0.4, -0.2) is 32.4 Å². The Morgan fingerprint density at radius 1 is 1.32 bits per heavy atom. The molecule has 2 aromatic rings. The van der Waals surface area contributed by atoms with Crippen LogP contribution in [0.3, 0.4) is 0 Å². The van der Waals surface area contributed by atoms with Crippen LogP contribution in [0.15, 0.2) is 24.3 Å². The Hall–Kier alpha value is -2.26. The number of amides is 1. The Bertz CT molecular complexity index is 867. The van der Waals surface area contributed by atoms with E-state index in [-0.39, 0.29) is 23.7 Å². The van der Waals surface area contributed by atoms with Crippen LogP contribution in [-0.2, 0) is 30.6 Å². The predicted octanol–water partition coefficient (Wildman–Crippen LogP) is 4.15. The average Bonchev–Trinajstić information content (AvgIpc) is 2.90. The summed E-state index contributed by atoms with van der Waals surface area (Å²) < 4.78 is 45.6. The number of hydrogen-bond acceptors (Lipinski definition) is 4. The summed E-state index contributed by atoms with van der Waals surface area (Å²) in [5.74, 6) is 0. The highest BCUT2D eigenvalue weighted by atomic mass is 35.5. The van der Waals surface area contributed by atoms with Gasteiger partial charge in [-0.2, -0.15) is 18.3 Å². The van der Waals surface area contributed by atoms with Gasteiger partial charge in [0.1, 0.15) is 6.61 Å². The molecular weight excluding hydrogens is 399 g/mol. The number of aromatic nitrogens is 2. The molecule has 1 aliphatic rings. The van der Waals surface area contributed by atoms with Crippen molar-refractivity contribution in [1.29, 1.82) is 0 Å². The summed E-state index contributed by atoms with van der Waals surface area (Å²) in [6.07, 6.45) is -5.25. The summed E-state index contributed by atoms with van der Waals surface area (Å²) in [5.41, 5.74) is 0.538. The Morgan fingerprint density at radius 3 is 2.75 bits per heavy atom. The summed E-state index contributed by atoms with van der Waals surface area (Å²) in [6, 6.07) is 4.79. The molecular formula is C18H19ClF3N3O3. The molecule has 152 valence electrons. The molecule has 1 N–H and O–H groups in total. The molecule has 1 amide bonds. The van der Waals surface area contributed by atoms with Crippen molar-refractivity contribution in [3.05, 3.63) is 51.8 Å². The first-order valence-corrected chi connectivity index (χ1v) is 9.04. The maximum absolute atomic E-state index is 12.9. The van der Waals surface area contributed by atoms with Crippen LogP contribution in [0.25, 0.3) is 0 Å². The fourth-order valence-corrected chi connectivity index (χ4v) is 3.24. The van der Waals surface area contributed by atoms with Crippen LogP contribution in [0.5, 0.6) is 0 Å². The molecule has 6 nitrogen and oxygen atoms in total. The molecule has 3 rings (SSSR count). The number of rotatable bonds is 3. The standard InChI is InChI=1S/C18H19ClF3N3O3/c1-11(26)16-8-15-9-24(3-2-4-25(15)23-16)17(27)28-10-12-5-13(18(20,21)22)7-14(19)6-12/h5-8,11,26H,2-4,9-10H2,1H3. The number of fused-ring (bicyclic) bond motifs is 1. The van der Waals surface area contributed by atoms with E-state index in [4.69, 9.17) is 16.3 Å². The largest absolute Gasteiger partial charge is 0.445 e. The molecule has 0 aliphatic carbocycles. The number of aliphatic hydroxyl groups excluding tert-OH is 1. The minimum absolute atomic E-state index is 0.0785. The van der Waals surface area contributed by atoms with Gasteiger partial charge in [0.15, 0.2) is 0 Å². The first-order chi connectivity index (χ1) is 13.1. The molecule has 0 saturated carbocycles. The summed E-state index contributed by atoms with van der Waals surface area (Å²) in [7, 11) is 0. The van der Waals surface area contributed by atoms with Gasteiger partial charge in [0.25, 0.3) is 0 Å². The number of aryl methyl sites for hydroxylation is 1. The lowest BCUT2D eigenvalue weighted by Crippen LogP contribution is -2.31. The Kier molecular flexibility index (Phi) is 5.85. The topological polar surface area (TPSA) is 67.6 Å². The fourth-order valence-electron chi connectivity index (χ4n) is 2.98. The van der Waals surface area contributed by atoms with Gasteiger partial charge in [0.05, 0.1) is 29.6 Å². The van der Waals surface area contributed by atoms with Crippen molar-refractivity contribution < 1.29 is 27.8 Å². The van der Waals surface area contributed by atoms with Gasteiger partial charge in [-0.15, -0.1) is 0 Å². The van der Waals surface area contributed by atoms with Crippen molar-refractivity contribution in [2.45, 2.75) is 45.3 Å².